The molecule has 5 heteroatoms. The molecule has 0 atom stereocenters. The third kappa shape index (κ3) is 9.04. The van der Waals surface area contributed by atoms with Crippen molar-refractivity contribution in [3.8, 4) is 0 Å². The molecule has 0 rings (SSSR count). The summed E-state index contributed by atoms with van der Waals surface area (Å²) in [6, 6.07) is 0. The Morgan fingerprint density at radius 2 is 2.07 bits per heavy atom. The fourth-order valence-corrected chi connectivity index (χ4v) is 0.975. The normalized spacial score (nSPS) is 11.6. The van der Waals surface area contributed by atoms with Crippen molar-refractivity contribution < 1.29 is 0 Å². The number of hydrogen-bond donors (Lipinski definition) is 2. The number of thioether (sulfide) groups is 1. The van der Waals surface area contributed by atoms with Crippen LogP contribution >= 0.6 is 35.7 Å². The number of guanidine groups is 1. The van der Waals surface area contributed by atoms with Crippen molar-refractivity contribution >= 4 is 41.7 Å². The molecule has 0 heterocycles. The van der Waals surface area contributed by atoms with Gasteiger partial charge in [0.05, 0.1) is 0 Å². The van der Waals surface area contributed by atoms with Gasteiger partial charge in [-0.15, -0.1) is 30.6 Å². The molecule has 0 saturated carbocycles. The van der Waals surface area contributed by atoms with Crippen LogP contribution in [0.5, 0.6) is 0 Å². The summed E-state index contributed by atoms with van der Waals surface area (Å²) >= 11 is 1.84. The van der Waals surface area contributed by atoms with Crippen LogP contribution in [0.3, 0.4) is 0 Å². The van der Waals surface area contributed by atoms with Crippen molar-refractivity contribution in [3.05, 3.63) is 12.7 Å². The molecule has 0 radical (unpaired) electrons. The van der Waals surface area contributed by atoms with Crippen LogP contribution in [-0.4, -0.2) is 37.1 Å². The van der Waals surface area contributed by atoms with Gasteiger partial charge in [0.2, 0.25) is 0 Å². The summed E-state index contributed by atoms with van der Waals surface area (Å²) < 4.78 is 0.228. The van der Waals surface area contributed by atoms with Crippen LogP contribution in [0.2, 0.25) is 0 Å². The number of aliphatic imine (C=N–C) groups is 1. The Morgan fingerprint density at radius 3 is 2.47 bits per heavy atom. The van der Waals surface area contributed by atoms with Gasteiger partial charge in [-0.05, 0) is 20.1 Å². The minimum atomic E-state index is 0. The van der Waals surface area contributed by atoms with Gasteiger partial charge in [0.15, 0.2) is 5.96 Å². The number of rotatable bonds is 5. The molecule has 0 fully saturated rings. The molecule has 0 spiro atoms. The standard InChI is InChI=1S/C10H21N3S.HI/c1-6-7-12-9(11-4)13-8-10(2,3)14-5;/h6H,1,7-8H2,2-5H3,(H2,11,12,13);1H. The van der Waals surface area contributed by atoms with E-state index in [4.69, 9.17) is 0 Å². The second-order valence-corrected chi connectivity index (χ2v) is 5.07. The Labute approximate surface area is 115 Å². The van der Waals surface area contributed by atoms with E-state index in [1.165, 1.54) is 0 Å². The summed E-state index contributed by atoms with van der Waals surface area (Å²) in [5, 5.41) is 6.39. The largest absolute Gasteiger partial charge is 0.355 e. The highest BCUT2D eigenvalue weighted by molar-refractivity contribution is 14.0. The third-order valence-corrected chi connectivity index (χ3v) is 3.12. The predicted molar refractivity (Wildman–Crippen MR) is 82.6 cm³/mol. The molecule has 0 bridgehead atoms. The molecule has 0 saturated heterocycles. The Kier molecular flexibility index (Phi) is 10.9. The van der Waals surface area contributed by atoms with Crippen molar-refractivity contribution in [2.24, 2.45) is 4.99 Å². The maximum Gasteiger partial charge on any atom is 0.191 e. The van der Waals surface area contributed by atoms with Crippen molar-refractivity contribution in [2.45, 2.75) is 18.6 Å². The van der Waals surface area contributed by atoms with Gasteiger partial charge in [-0.25, -0.2) is 0 Å². The summed E-state index contributed by atoms with van der Waals surface area (Å²) in [6.45, 7) is 9.67. The van der Waals surface area contributed by atoms with E-state index in [9.17, 15) is 0 Å². The predicted octanol–water partition coefficient (Wildman–Crippen LogP) is 2.10. The molecule has 15 heavy (non-hydrogen) atoms. The van der Waals surface area contributed by atoms with Crippen LogP contribution in [0.15, 0.2) is 17.6 Å². The highest BCUT2D eigenvalue weighted by atomic mass is 127. The van der Waals surface area contributed by atoms with Crippen molar-refractivity contribution in [1.82, 2.24) is 10.6 Å². The fraction of sp³-hybridized carbons (Fsp3) is 0.700. The summed E-state index contributed by atoms with van der Waals surface area (Å²) in [6.07, 6.45) is 3.92. The number of nitrogens with one attached hydrogen (secondary N) is 2. The molecule has 0 aliphatic carbocycles. The Hall–Kier alpha value is 0.0900. The molecule has 3 nitrogen and oxygen atoms in total. The molecule has 0 amide bonds. The van der Waals surface area contributed by atoms with Crippen molar-refractivity contribution in [2.75, 3.05) is 26.4 Å². The lowest BCUT2D eigenvalue weighted by Gasteiger charge is -2.23. The maximum atomic E-state index is 4.10. The van der Waals surface area contributed by atoms with Gasteiger partial charge in [0.25, 0.3) is 0 Å². The van der Waals surface area contributed by atoms with Crippen molar-refractivity contribution in [3.63, 3.8) is 0 Å². The molecule has 0 aliphatic rings. The van der Waals surface area contributed by atoms with E-state index < -0.39 is 0 Å². The van der Waals surface area contributed by atoms with Crippen molar-refractivity contribution in [1.29, 1.82) is 0 Å². The first-order valence-electron chi connectivity index (χ1n) is 4.66. The Morgan fingerprint density at radius 1 is 1.47 bits per heavy atom. The van der Waals surface area contributed by atoms with Gasteiger partial charge < -0.3 is 10.6 Å². The van der Waals surface area contributed by atoms with E-state index in [0.717, 1.165) is 19.0 Å². The molecule has 0 aromatic carbocycles. The van der Waals surface area contributed by atoms with Crippen LogP contribution < -0.4 is 10.6 Å². The first kappa shape index (κ1) is 17.5. The maximum absolute atomic E-state index is 4.10. The first-order chi connectivity index (χ1) is 6.55. The zero-order valence-corrected chi connectivity index (χ0v) is 13.1. The SMILES string of the molecule is C=CCNC(=NC)NCC(C)(C)SC.I. The molecule has 0 aromatic rings. The lowest BCUT2D eigenvalue weighted by molar-refractivity contribution is 0.668. The van der Waals surface area contributed by atoms with Crippen LogP contribution in [-0.2, 0) is 0 Å². The number of nitrogens with zero attached hydrogens (tertiary/aromatic N) is 1. The molecule has 0 aliphatic heterocycles. The lowest BCUT2D eigenvalue weighted by atomic mass is 10.2. The van der Waals surface area contributed by atoms with Gasteiger partial charge in [0, 0.05) is 24.9 Å². The van der Waals surface area contributed by atoms with Gasteiger partial charge in [-0.2, -0.15) is 11.8 Å². The van der Waals surface area contributed by atoms with Crippen LogP contribution in [0.25, 0.3) is 0 Å². The van der Waals surface area contributed by atoms with E-state index in [2.05, 4.69) is 42.3 Å². The smallest absolute Gasteiger partial charge is 0.191 e. The second-order valence-electron chi connectivity index (χ2n) is 3.56. The molecule has 0 unspecified atom stereocenters. The minimum absolute atomic E-state index is 0. The summed E-state index contributed by atoms with van der Waals surface area (Å²) in [7, 11) is 1.77. The average molecular weight is 343 g/mol. The Balaban J connectivity index is 0. The van der Waals surface area contributed by atoms with Gasteiger partial charge in [-0.1, -0.05) is 6.08 Å². The van der Waals surface area contributed by atoms with Gasteiger partial charge in [-0.3, -0.25) is 4.99 Å². The van der Waals surface area contributed by atoms with E-state index in [1.54, 1.807) is 7.05 Å². The Bertz CT molecular complexity index is 205. The van der Waals surface area contributed by atoms with E-state index >= 15 is 0 Å². The van der Waals surface area contributed by atoms with E-state index in [1.807, 2.05) is 17.8 Å². The molecule has 2 N–H and O–H groups in total. The molecular weight excluding hydrogens is 321 g/mol. The number of halogens is 1. The van der Waals surface area contributed by atoms with E-state index in [-0.39, 0.29) is 28.7 Å². The quantitative estimate of drug-likeness (QED) is 0.347. The highest BCUT2D eigenvalue weighted by Crippen LogP contribution is 2.19. The second kappa shape index (κ2) is 9.33. The third-order valence-electron chi connectivity index (χ3n) is 1.87. The summed E-state index contributed by atoms with van der Waals surface area (Å²) in [4.78, 5) is 4.10. The summed E-state index contributed by atoms with van der Waals surface area (Å²) in [5.41, 5.74) is 0. The van der Waals surface area contributed by atoms with Gasteiger partial charge >= 0.3 is 0 Å². The lowest BCUT2D eigenvalue weighted by Crippen LogP contribution is -2.43. The van der Waals surface area contributed by atoms with Crippen LogP contribution in [0, 0.1) is 0 Å². The van der Waals surface area contributed by atoms with Gasteiger partial charge in [0.1, 0.15) is 0 Å². The monoisotopic (exact) mass is 343 g/mol. The average Bonchev–Trinajstić information content (AvgIpc) is 2.18. The minimum Gasteiger partial charge on any atom is -0.355 e. The topological polar surface area (TPSA) is 36.4 Å². The van der Waals surface area contributed by atoms with Crippen LogP contribution in [0.1, 0.15) is 13.8 Å². The number of hydrogen-bond acceptors (Lipinski definition) is 2. The highest BCUT2D eigenvalue weighted by Gasteiger charge is 2.15. The molecule has 0 aromatic heterocycles. The summed E-state index contributed by atoms with van der Waals surface area (Å²) in [5.74, 6) is 0.826. The fourth-order valence-electron chi connectivity index (χ4n) is 0.758. The first-order valence-corrected chi connectivity index (χ1v) is 5.89. The van der Waals surface area contributed by atoms with Crippen LogP contribution in [0.4, 0.5) is 0 Å². The molecule has 90 valence electrons. The molecular formula is C10H22IN3S. The zero-order chi connectivity index (χ0) is 11.0. The zero-order valence-electron chi connectivity index (χ0n) is 9.96. The van der Waals surface area contributed by atoms with E-state index in [0.29, 0.717) is 0 Å².